The van der Waals surface area contributed by atoms with Gasteiger partial charge in [-0.1, -0.05) is 0 Å². The van der Waals surface area contributed by atoms with E-state index in [0.717, 1.165) is 12.1 Å². The molecule has 0 saturated heterocycles. The molecule has 7 nitrogen and oxygen atoms in total. The van der Waals surface area contributed by atoms with Crippen LogP contribution in [0.5, 0.6) is 5.75 Å². The minimum Gasteiger partial charge on any atom is -0.479 e. The van der Waals surface area contributed by atoms with Gasteiger partial charge in [-0.2, -0.15) is 0 Å². The highest BCUT2D eigenvalue weighted by Crippen LogP contribution is 2.36. The van der Waals surface area contributed by atoms with E-state index in [1.165, 1.54) is 12.4 Å². The normalized spacial score (nSPS) is 10.2. The maximum absolute atomic E-state index is 13.2. The lowest BCUT2D eigenvalue weighted by Gasteiger charge is -2.08. The third-order valence-electron chi connectivity index (χ3n) is 2.51. The van der Waals surface area contributed by atoms with Crippen LogP contribution in [0.2, 0.25) is 0 Å². The Morgan fingerprint density at radius 3 is 2.76 bits per heavy atom. The molecule has 1 heterocycles. The number of nitro benzene ring substituents is 1. The number of ether oxygens (including phenoxy) is 1. The van der Waals surface area contributed by atoms with Crippen LogP contribution in [-0.4, -0.2) is 21.9 Å². The van der Waals surface area contributed by atoms with Crippen LogP contribution in [0.4, 0.5) is 15.9 Å². The zero-order valence-corrected chi connectivity index (χ0v) is 12.4. The summed E-state index contributed by atoms with van der Waals surface area (Å²) in [4.78, 5) is 18.3. The van der Waals surface area contributed by atoms with E-state index in [2.05, 4.69) is 31.2 Å². The Kier molecular flexibility index (Phi) is 4.63. The molecule has 0 aliphatic rings. The third kappa shape index (κ3) is 3.63. The highest BCUT2D eigenvalue weighted by molar-refractivity contribution is 9.10. The topological polar surface area (TPSA) is 90.2 Å². The smallest absolute Gasteiger partial charge is 0.315 e. The van der Waals surface area contributed by atoms with Crippen molar-refractivity contribution in [1.82, 2.24) is 9.97 Å². The number of nitro groups is 1. The standard InChI is InChI=1S/C12H10BrFN4O3/c1-15-11-5-16-8(4-17-11)6-21-12-9(13)2-7(14)3-10(12)18(19)20/h2-5H,6H2,1H3,(H,15,17). The predicted octanol–water partition coefficient (Wildman–Crippen LogP) is 2.91. The van der Waals surface area contributed by atoms with E-state index < -0.39 is 16.4 Å². The molecule has 0 saturated carbocycles. The molecule has 110 valence electrons. The number of aromatic nitrogens is 2. The number of nitrogens with one attached hydrogen (secondary N) is 1. The number of rotatable bonds is 5. The summed E-state index contributed by atoms with van der Waals surface area (Å²) in [7, 11) is 1.71. The molecule has 1 aromatic heterocycles. The second kappa shape index (κ2) is 6.44. The van der Waals surface area contributed by atoms with E-state index >= 15 is 0 Å². The predicted molar refractivity (Wildman–Crippen MR) is 76.7 cm³/mol. The Morgan fingerprint density at radius 2 is 2.19 bits per heavy atom. The van der Waals surface area contributed by atoms with Crippen molar-refractivity contribution in [2.75, 3.05) is 12.4 Å². The molecule has 0 amide bonds. The molecule has 0 bridgehead atoms. The molecule has 0 radical (unpaired) electrons. The van der Waals surface area contributed by atoms with Crippen LogP contribution in [0, 0.1) is 15.9 Å². The van der Waals surface area contributed by atoms with Gasteiger partial charge >= 0.3 is 5.69 Å². The van der Waals surface area contributed by atoms with Gasteiger partial charge in [0.15, 0.2) is 0 Å². The average Bonchev–Trinajstić information content (AvgIpc) is 2.46. The van der Waals surface area contributed by atoms with Crippen molar-refractivity contribution in [3.05, 3.63) is 50.6 Å². The lowest BCUT2D eigenvalue weighted by Crippen LogP contribution is -2.03. The summed E-state index contributed by atoms with van der Waals surface area (Å²) >= 11 is 3.05. The SMILES string of the molecule is CNc1cnc(COc2c(Br)cc(F)cc2[N+](=O)[O-])cn1. The lowest BCUT2D eigenvalue weighted by atomic mass is 10.3. The number of hydrogen-bond donors (Lipinski definition) is 1. The summed E-state index contributed by atoms with van der Waals surface area (Å²) in [5.41, 5.74) is 0.0289. The summed E-state index contributed by atoms with van der Waals surface area (Å²) in [5.74, 6) is -0.187. The van der Waals surface area contributed by atoms with Crippen molar-refractivity contribution >= 4 is 27.4 Å². The van der Waals surface area contributed by atoms with Gasteiger partial charge < -0.3 is 10.1 Å². The molecule has 0 atom stereocenters. The van der Waals surface area contributed by atoms with Crippen molar-refractivity contribution in [2.45, 2.75) is 6.61 Å². The summed E-state index contributed by atoms with van der Waals surface area (Å²) < 4.78 is 18.7. The highest BCUT2D eigenvalue weighted by atomic mass is 79.9. The largest absolute Gasteiger partial charge is 0.479 e. The fourth-order valence-corrected chi connectivity index (χ4v) is 2.07. The van der Waals surface area contributed by atoms with Gasteiger partial charge in [-0.05, 0) is 22.0 Å². The second-order valence-corrected chi connectivity index (χ2v) is 4.78. The molecule has 9 heteroatoms. The van der Waals surface area contributed by atoms with Crippen molar-refractivity contribution in [3.8, 4) is 5.75 Å². The minimum absolute atomic E-state index is 0.0257. The van der Waals surface area contributed by atoms with Gasteiger partial charge in [0.2, 0.25) is 5.75 Å². The number of hydrogen-bond acceptors (Lipinski definition) is 6. The zero-order chi connectivity index (χ0) is 15.4. The highest BCUT2D eigenvalue weighted by Gasteiger charge is 2.20. The number of nitrogens with zero attached hydrogens (tertiary/aromatic N) is 3. The monoisotopic (exact) mass is 356 g/mol. The Morgan fingerprint density at radius 1 is 1.43 bits per heavy atom. The molecular weight excluding hydrogens is 347 g/mol. The number of anilines is 1. The molecule has 0 unspecified atom stereocenters. The first kappa shape index (κ1) is 15.1. The molecule has 2 aromatic rings. The van der Waals surface area contributed by atoms with Crippen LogP contribution < -0.4 is 10.1 Å². The summed E-state index contributed by atoms with van der Waals surface area (Å²) in [6.45, 7) is -0.0257. The quantitative estimate of drug-likeness (QED) is 0.654. The Hall–Kier alpha value is -2.29. The van der Waals surface area contributed by atoms with Gasteiger partial charge in [-0.3, -0.25) is 15.1 Å². The average molecular weight is 357 g/mol. The van der Waals surface area contributed by atoms with Gasteiger partial charge in [0, 0.05) is 7.05 Å². The Labute approximate surface area is 127 Å². The van der Waals surface area contributed by atoms with E-state index in [0.29, 0.717) is 11.5 Å². The number of halogens is 2. The molecule has 2 rings (SSSR count). The zero-order valence-electron chi connectivity index (χ0n) is 10.8. The second-order valence-electron chi connectivity index (χ2n) is 3.92. The first-order chi connectivity index (χ1) is 10.0. The van der Waals surface area contributed by atoms with Crippen LogP contribution in [0.25, 0.3) is 0 Å². The molecule has 1 aromatic carbocycles. The van der Waals surface area contributed by atoms with Crippen LogP contribution in [-0.2, 0) is 6.61 Å². The van der Waals surface area contributed by atoms with E-state index in [1.54, 1.807) is 7.05 Å². The Balaban J connectivity index is 2.20. The summed E-state index contributed by atoms with van der Waals surface area (Å²) in [5, 5.41) is 13.7. The minimum atomic E-state index is -0.723. The molecule has 0 aliphatic heterocycles. The van der Waals surface area contributed by atoms with E-state index in [9.17, 15) is 14.5 Å². The molecule has 0 spiro atoms. The van der Waals surface area contributed by atoms with Gasteiger partial charge in [-0.15, -0.1) is 0 Å². The van der Waals surface area contributed by atoms with Crippen molar-refractivity contribution < 1.29 is 14.1 Å². The van der Waals surface area contributed by atoms with Gasteiger partial charge in [0.25, 0.3) is 0 Å². The van der Waals surface area contributed by atoms with Gasteiger partial charge in [0.05, 0.1) is 33.6 Å². The summed E-state index contributed by atoms with van der Waals surface area (Å²) in [6, 6.07) is 1.90. The van der Waals surface area contributed by atoms with Crippen LogP contribution in [0.1, 0.15) is 5.69 Å². The molecule has 0 fully saturated rings. The molecular formula is C12H10BrFN4O3. The summed E-state index contributed by atoms with van der Waals surface area (Å²) in [6.07, 6.45) is 2.99. The first-order valence-electron chi connectivity index (χ1n) is 5.76. The van der Waals surface area contributed by atoms with Crippen molar-refractivity contribution in [3.63, 3.8) is 0 Å². The van der Waals surface area contributed by atoms with Crippen LogP contribution in [0.15, 0.2) is 29.0 Å². The van der Waals surface area contributed by atoms with Crippen molar-refractivity contribution in [1.29, 1.82) is 0 Å². The maximum atomic E-state index is 13.2. The fraction of sp³-hybridized carbons (Fsp3) is 0.167. The third-order valence-corrected chi connectivity index (χ3v) is 3.10. The molecule has 21 heavy (non-hydrogen) atoms. The number of benzene rings is 1. The first-order valence-corrected chi connectivity index (χ1v) is 6.55. The van der Waals surface area contributed by atoms with Gasteiger partial charge in [-0.25, -0.2) is 9.37 Å². The lowest BCUT2D eigenvalue weighted by molar-refractivity contribution is -0.386. The van der Waals surface area contributed by atoms with E-state index in [1.807, 2.05) is 0 Å². The molecule has 0 aliphatic carbocycles. The Bertz CT molecular complexity index is 666. The van der Waals surface area contributed by atoms with E-state index in [-0.39, 0.29) is 16.8 Å². The van der Waals surface area contributed by atoms with Crippen molar-refractivity contribution in [2.24, 2.45) is 0 Å². The van der Waals surface area contributed by atoms with E-state index in [4.69, 9.17) is 4.74 Å². The van der Waals surface area contributed by atoms with Gasteiger partial charge in [0.1, 0.15) is 18.2 Å². The maximum Gasteiger partial charge on any atom is 0.315 e. The van der Waals surface area contributed by atoms with Crippen LogP contribution >= 0.6 is 15.9 Å². The molecule has 1 N–H and O–H groups in total. The van der Waals surface area contributed by atoms with Crippen LogP contribution in [0.3, 0.4) is 0 Å². The fourth-order valence-electron chi connectivity index (χ4n) is 1.53.